The summed E-state index contributed by atoms with van der Waals surface area (Å²) in [4.78, 5) is 19.0. The molecule has 1 fully saturated rings. The minimum Gasteiger partial charge on any atom is -0.482 e. The van der Waals surface area contributed by atoms with E-state index in [1.165, 1.54) is 11.8 Å². The smallest absolute Gasteiger partial charge is 0.345 e. The van der Waals surface area contributed by atoms with E-state index in [2.05, 4.69) is 29.1 Å². The molecule has 4 aliphatic rings. The lowest BCUT2D eigenvalue weighted by molar-refractivity contribution is -0.0453. The molecule has 2 aromatic rings. The van der Waals surface area contributed by atoms with Crippen LogP contribution in [0.15, 0.2) is 48.8 Å². The van der Waals surface area contributed by atoms with Gasteiger partial charge in [0.2, 0.25) is 0 Å². The highest BCUT2D eigenvalue weighted by molar-refractivity contribution is 5.91. The summed E-state index contributed by atoms with van der Waals surface area (Å²) in [7, 11) is 2.18. The van der Waals surface area contributed by atoms with Crippen molar-refractivity contribution in [3.8, 4) is 11.5 Å². The predicted octanol–water partition coefficient (Wildman–Crippen LogP) is 2.11. The number of benzene rings is 1. The van der Waals surface area contributed by atoms with Crippen LogP contribution in [0.1, 0.15) is 27.9 Å². The number of nitrogens with zero attached hydrogens (tertiary/aromatic N) is 2. The average molecular weight is 390 g/mol. The molecule has 5 atom stereocenters. The SMILES string of the molecule is CN1CC[C@]23c4c5ccc(OC(=O)c6cccnc6)c4O[C@H]2[C@@H](O)C=C[C@H]3[C@H]1C5. The van der Waals surface area contributed by atoms with Crippen molar-refractivity contribution in [3.63, 3.8) is 0 Å². The van der Waals surface area contributed by atoms with Gasteiger partial charge in [-0.3, -0.25) is 4.98 Å². The second-order valence-corrected chi connectivity index (χ2v) is 8.54. The maximum Gasteiger partial charge on any atom is 0.345 e. The van der Waals surface area contributed by atoms with Gasteiger partial charge in [-0.15, -0.1) is 0 Å². The molecule has 1 saturated heterocycles. The van der Waals surface area contributed by atoms with Gasteiger partial charge in [0.15, 0.2) is 11.5 Å². The first kappa shape index (κ1) is 17.2. The van der Waals surface area contributed by atoms with Gasteiger partial charge < -0.3 is 19.5 Å². The number of hydrogen-bond acceptors (Lipinski definition) is 6. The zero-order chi connectivity index (χ0) is 19.8. The van der Waals surface area contributed by atoms with Crippen LogP contribution >= 0.6 is 0 Å². The number of likely N-dealkylation sites (tertiary alicyclic amines) is 1. The zero-order valence-electron chi connectivity index (χ0n) is 16.1. The lowest BCUT2D eigenvalue weighted by Crippen LogP contribution is -2.64. The van der Waals surface area contributed by atoms with E-state index >= 15 is 0 Å². The lowest BCUT2D eigenvalue weighted by atomic mass is 9.53. The second-order valence-electron chi connectivity index (χ2n) is 8.54. The normalized spacial score (nSPS) is 33.7. The summed E-state index contributed by atoms with van der Waals surface area (Å²) in [6.45, 7) is 0.958. The molecule has 148 valence electrons. The zero-order valence-corrected chi connectivity index (χ0v) is 16.1. The number of carbonyl (C=O) groups is 1. The van der Waals surface area contributed by atoms with Crippen LogP contribution in [0.3, 0.4) is 0 Å². The van der Waals surface area contributed by atoms with Crippen molar-refractivity contribution in [1.29, 1.82) is 0 Å². The molecule has 6 nitrogen and oxygen atoms in total. The van der Waals surface area contributed by atoms with E-state index in [-0.39, 0.29) is 17.4 Å². The number of rotatable bonds is 2. The Bertz CT molecular complexity index is 1040. The minimum atomic E-state index is -0.671. The molecule has 0 saturated carbocycles. The van der Waals surface area contributed by atoms with E-state index in [1.54, 1.807) is 18.3 Å². The number of aliphatic hydroxyl groups excluding tert-OH is 1. The van der Waals surface area contributed by atoms with Crippen molar-refractivity contribution in [2.24, 2.45) is 5.92 Å². The van der Waals surface area contributed by atoms with Crippen LogP contribution in [0, 0.1) is 5.92 Å². The van der Waals surface area contributed by atoms with Crippen molar-refractivity contribution in [2.45, 2.75) is 36.5 Å². The predicted molar refractivity (Wildman–Crippen MR) is 105 cm³/mol. The topological polar surface area (TPSA) is 71.9 Å². The molecule has 2 aliphatic heterocycles. The van der Waals surface area contributed by atoms with Gasteiger partial charge in [0, 0.05) is 35.3 Å². The molecule has 0 amide bonds. The van der Waals surface area contributed by atoms with Crippen LogP contribution in [0.2, 0.25) is 0 Å². The highest BCUT2D eigenvalue weighted by atomic mass is 16.6. The van der Waals surface area contributed by atoms with Crippen molar-refractivity contribution in [3.05, 3.63) is 65.5 Å². The Morgan fingerprint density at radius 3 is 3.07 bits per heavy atom. The summed E-state index contributed by atoms with van der Waals surface area (Å²) >= 11 is 0. The summed E-state index contributed by atoms with van der Waals surface area (Å²) in [6.07, 6.45) is 7.99. The molecule has 0 radical (unpaired) electrons. The average Bonchev–Trinajstić information content (AvgIpc) is 3.10. The van der Waals surface area contributed by atoms with E-state index in [1.807, 2.05) is 12.1 Å². The Kier molecular flexibility index (Phi) is 3.50. The molecule has 1 N–H and O–H groups in total. The number of aliphatic hydroxyl groups is 1. The van der Waals surface area contributed by atoms with Crippen molar-refractivity contribution in [2.75, 3.05) is 13.6 Å². The third kappa shape index (κ3) is 2.18. The van der Waals surface area contributed by atoms with E-state index in [0.29, 0.717) is 23.1 Å². The van der Waals surface area contributed by atoms with Gasteiger partial charge in [-0.05, 0) is 50.2 Å². The Hall–Kier alpha value is -2.70. The van der Waals surface area contributed by atoms with E-state index < -0.39 is 12.1 Å². The molecule has 3 heterocycles. The molecule has 2 aliphatic carbocycles. The van der Waals surface area contributed by atoms with Crippen molar-refractivity contribution >= 4 is 5.97 Å². The van der Waals surface area contributed by atoms with Crippen LogP contribution in [0.5, 0.6) is 11.5 Å². The molecule has 6 rings (SSSR count). The summed E-state index contributed by atoms with van der Waals surface area (Å²) in [5.74, 6) is 0.871. The van der Waals surface area contributed by atoms with Gasteiger partial charge in [-0.25, -0.2) is 4.79 Å². The summed E-state index contributed by atoms with van der Waals surface area (Å²) < 4.78 is 12.1. The van der Waals surface area contributed by atoms with Gasteiger partial charge in [0.05, 0.1) is 5.56 Å². The minimum absolute atomic E-state index is 0.259. The molecule has 0 unspecified atom stereocenters. The number of aromatic nitrogens is 1. The van der Waals surface area contributed by atoms with E-state index in [0.717, 1.165) is 24.9 Å². The van der Waals surface area contributed by atoms with Crippen LogP contribution < -0.4 is 9.47 Å². The number of esters is 1. The standard InChI is InChI=1S/C23H22N2O4/c1-25-10-8-23-15-5-6-17(26)21(23)29-20-18(7-4-13(19(20)23)11-16(15)25)28-22(27)14-3-2-9-24-12-14/h2-7,9,12,15-17,21,26H,8,10-11H2,1H3/t15-,16+,17-,21-,23-/m0/s1. The fourth-order valence-corrected chi connectivity index (χ4v) is 5.95. The van der Waals surface area contributed by atoms with Gasteiger partial charge in [-0.2, -0.15) is 0 Å². The van der Waals surface area contributed by atoms with Crippen molar-refractivity contribution < 1.29 is 19.4 Å². The van der Waals surface area contributed by atoms with Gasteiger partial charge in [0.25, 0.3) is 0 Å². The van der Waals surface area contributed by atoms with E-state index in [9.17, 15) is 9.90 Å². The number of carbonyl (C=O) groups excluding carboxylic acids is 1. The molecule has 1 aromatic carbocycles. The first-order valence-corrected chi connectivity index (χ1v) is 10.1. The molecule has 2 bridgehead atoms. The van der Waals surface area contributed by atoms with Crippen LogP contribution in [0.25, 0.3) is 0 Å². The Morgan fingerprint density at radius 2 is 2.24 bits per heavy atom. The Balaban J connectivity index is 1.48. The first-order valence-electron chi connectivity index (χ1n) is 10.1. The number of piperidine rings is 1. The fourth-order valence-electron chi connectivity index (χ4n) is 5.95. The molecule has 1 spiro atoms. The molecular formula is C23H22N2O4. The highest BCUT2D eigenvalue weighted by Gasteiger charge is 2.64. The summed E-state index contributed by atoms with van der Waals surface area (Å²) in [6, 6.07) is 7.66. The Morgan fingerprint density at radius 1 is 1.34 bits per heavy atom. The quantitative estimate of drug-likeness (QED) is 0.481. The van der Waals surface area contributed by atoms with E-state index in [4.69, 9.17) is 9.47 Å². The van der Waals surface area contributed by atoms with Crippen LogP contribution in [-0.2, 0) is 11.8 Å². The molecule has 29 heavy (non-hydrogen) atoms. The number of likely N-dealkylation sites (N-methyl/N-ethyl adjacent to an activating group) is 1. The fraction of sp³-hybridized carbons (Fsp3) is 0.391. The Labute approximate surface area is 168 Å². The largest absolute Gasteiger partial charge is 0.482 e. The van der Waals surface area contributed by atoms with Gasteiger partial charge >= 0.3 is 5.97 Å². The monoisotopic (exact) mass is 390 g/mol. The maximum absolute atomic E-state index is 12.6. The van der Waals surface area contributed by atoms with Gasteiger partial charge in [0.1, 0.15) is 12.2 Å². The lowest BCUT2D eigenvalue weighted by Gasteiger charge is -2.56. The summed E-state index contributed by atoms with van der Waals surface area (Å²) in [5.41, 5.74) is 2.51. The number of pyridine rings is 1. The number of hydrogen-bond donors (Lipinski definition) is 1. The first-order chi connectivity index (χ1) is 14.1. The molecule has 6 heteroatoms. The second kappa shape index (κ2) is 5.90. The number of ether oxygens (including phenoxy) is 2. The van der Waals surface area contributed by atoms with Crippen LogP contribution in [-0.4, -0.2) is 52.8 Å². The third-order valence-corrected chi connectivity index (χ3v) is 7.23. The van der Waals surface area contributed by atoms with Crippen LogP contribution in [0.4, 0.5) is 0 Å². The third-order valence-electron chi connectivity index (χ3n) is 7.23. The van der Waals surface area contributed by atoms with Crippen molar-refractivity contribution in [1.82, 2.24) is 9.88 Å². The summed E-state index contributed by atoms with van der Waals surface area (Å²) in [5, 5.41) is 10.8. The molecular weight excluding hydrogens is 368 g/mol. The maximum atomic E-state index is 12.6. The molecule has 1 aromatic heterocycles. The van der Waals surface area contributed by atoms with Gasteiger partial charge in [-0.1, -0.05) is 18.2 Å². The highest BCUT2D eigenvalue weighted by Crippen LogP contribution is 2.62.